The second-order valence-electron chi connectivity index (χ2n) is 11.3. The number of carbonyl (C=O) groups excluding carboxylic acids is 1. The first kappa shape index (κ1) is 35.5. The van der Waals surface area contributed by atoms with E-state index in [0.29, 0.717) is 5.57 Å². The number of nitrogens with zero attached hydrogens (tertiary/aromatic N) is 2. The highest BCUT2D eigenvalue weighted by Crippen LogP contribution is 2.40. The second-order valence-corrected chi connectivity index (χ2v) is 11.3. The van der Waals surface area contributed by atoms with Crippen molar-refractivity contribution in [3.8, 4) is 0 Å². The maximum Gasteiger partial charge on any atom is 0.401 e. The van der Waals surface area contributed by atoms with Gasteiger partial charge in [-0.25, -0.2) is 0 Å². The van der Waals surface area contributed by atoms with Crippen LogP contribution in [-0.4, -0.2) is 81.7 Å². The van der Waals surface area contributed by atoms with E-state index in [1.54, 1.807) is 30.3 Å². The standard InChI is InChI=1S/C20H32N4.C12H15F3N4O2/c1-18(23-17-22-3)20(11-7-8-13-21-2)12-14-24(16-20)15-19-9-5-4-6-10-19;1-19-3-2-7(4-9(19)17-6-12(13,14)15)11-18-8(5-21-11)10(16)20/h4-6,8-10,13,21-23H,1,7,11-12,14-17H2,2-3H3;2-5,9,11,17-18H,6H2,1H3,(H2,16,20)/b13-8-;. The molecule has 1 saturated heterocycles. The summed E-state index contributed by atoms with van der Waals surface area (Å²) in [6.07, 6.45) is 8.12. The predicted molar refractivity (Wildman–Crippen MR) is 171 cm³/mol. The van der Waals surface area contributed by atoms with Gasteiger partial charge >= 0.3 is 6.18 Å². The maximum atomic E-state index is 12.3. The molecule has 0 saturated carbocycles. The van der Waals surface area contributed by atoms with E-state index in [9.17, 15) is 18.0 Å². The van der Waals surface area contributed by atoms with E-state index in [0.717, 1.165) is 39.1 Å². The zero-order chi connectivity index (χ0) is 32.9. The van der Waals surface area contributed by atoms with Crippen LogP contribution in [0.25, 0.3) is 0 Å². The minimum absolute atomic E-state index is 0.119. The monoisotopic (exact) mass is 632 g/mol. The average molecular weight is 633 g/mol. The highest BCUT2D eigenvalue weighted by atomic mass is 19.4. The summed E-state index contributed by atoms with van der Waals surface area (Å²) in [6.45, 7) is 7.26. The van der Waals surface area contributed by atoms with Crippen molar-refractivity contribution in [1.29, 1.82) is 0 Å². The van der Waals surface area contributed by atoms with Gasteiger partial charge in [0.05, 0.1) is 19.4 Å². The summed E-state index contributed by atoms with van der Waals surface area (Å²) in [4.78, 5) is 15.1. The number of likely N-dealkylation sites (N-methyl/N-ethyl adjacent to an activating group) is 1. The smallest absolute Gasteiger partial charge is 0.401 e. The van der Waals surface area contributed by atoms with Gasteiger partial charge in [-0.2, -0.15) is 13.2 Å². The van der Waals surface area contributed by atoms with Crippen LogP contribution in [0.5, 0.6) is 0 Å². The molecule has 0 bridgehead atoms. The molecular formula is C32H47F3N8O2. The van der Waals surface area contributed by atoms with Gasteiger partial charge in [0.1, 0.15) is 12.0 Å². The first-order valence-corrected chi connectivity index (χ1v) is 15.0. The minimum Gasteiger partial charge on any atom is -0.472 e. The van der Waals surface area contributed by atoms with Gasteiger partial charge < -0.3 is 36.6 Å². The van der Waals surface area contributed by atoms with Gasteiger partial charge in [0.2, 0.25) is 0 Å². The van der Waals surface area contributed by atoms with E-state index in [1.807, 2.05) is 20.3 Å². The number of primary amides is 1. The molecule has 0 radical (unpaired) electrons. The normalized spacial score (nSPS) is 23.0. The lowest BCUT2D eigenvalue weighted by Crippen LogP contribution is -2.45. The lowest BCUT2D eigenvalue weighted by atomic mass is 9.79. The van der Waals surface area contributed by atoms with Crippen molar-refractivity contribution in [2.75, 3.05) is 47.4 Å². The summed E-state index contributed by atoms with van der Waals surface area (Å²) in [5.74, 6) is -0.665. The quantitative estimate of drug-likeness (QED) is 0.172. The topological polar surface area (TPSA) is 119 Å². The van der Waals surface area contributed by atoms with Crippen LogP contribution in [-0.2, 0) is 16.1 Å². The van der Waals surface area contributed by atoms with Gasteiger partial charge in [-0.05, 0) is 56.8 Å². The Kier molecular flexibility index (Phi) is 13.4. The summed E-state index contributed by atoms with van der Waals surface area (Å²) in [5, 5.41) is 14.8. The maximum absolute atomic E-state index is 12.3. The molecule has 13 heteroatoms. The highest BCUT2D eigenvalue weighted by Gasteiger charge is 2.39. The van der Waals surface area contributed by atoms with E-state index in [1.165, 1.54) is 23.9 Å². The fourth-order valence-corrected chi connectivity index (χ4v) is 5.37. The Hall–Kier alpha value is -3.94. The van der Waals surface area contributed by atoms with E-state index < -0.39 is 31.0 Å². The molecule has 3 heterocycles. The van der Waals surface area contributed by atoms with Gasteiger partial charge in [0, 0.05) is 50.1 Å². The number of halogens is 3. The van der Waals surface area contributed by atoms with Gasteiger partial charge in [-0.1, -0.05) is 43.0 Å². The number of nitrogens with one attached hydrogen (secondary N) is 5. The number of alkyl halides is 3. The molecule has 7 N–H and O–H groups in total. The van der Waals surface area contributed by atoms with E-state index >= 15 is 0 Å². The van der Waals surface area contributed by atoms with E-state index in [2.05, 4.69) is 74.5 Å². The summed E-state index contributed by atoms with van der Waals surface area (Å²) >= 11 is 0. The molecular weight excluding hydrogens is 585 g/mol. The largest absolute Gasteiger partial charge is 0.472 e. The highest BCUT2D eigenvalue weighted by molar-refractivity contribution is 5.91. The number of carbonyl (C=O) groups is 1. The number of likely N-dealkylation sites (tertiary alicyclic amines) is 1. The summed E-state index contributed by atoms with van der Waals surface area (Å²) in [7, 11) is 5.55. The van der Waals surface area contributed by atoms with Gasteiger partial charge in [0.25, 0.3) is 5.91 Å². The van der Waals surface area contributed by atoms with Crippen molar-refractivity contribution in [2.24, 2.45) is 11.1 Å². The first-order valence-electron chi connectivity index (χ1n) is 15.0. The number of ether oxygens (including phenoxy) is 1. The van der Waals surface area contributed by atoms with Gasteiger partial charge in [-0.3, -0.25) is 15.0 Å². The van der Waals surface area contributed by atoms with Crippen LogP contribution < -0.4 is 32.3 Å². The van der Waals surface area contributed by atoms with Crippen molar-refractivity contribution >= 4 is 5.91 Å². The van der Waals surface area contributed by atoms with Crippen molar-refractivity contribution in [3.63, 3.8) is 0 Å². The molecule has 0 spiro atoms. The van der Waals surface area contributed by atoms with Crippen LogP contribution in [0, 0.1) is 5.41 Å². The Bertz CT molecular complexity index is 1230. The van der Waals surface area contributed by atoms with Gasteiger partial charge in [0.15, 0.2) is 6.23 Å². The van der Waals surface area contributed by atoms with Crippen LogP contribution >= 0.6 is 0 Å². The lowest BCUT2D eigenvalue weighted by Gasteiger charge is -2.32. The number of amides is 1. The molecule has 3 aliphatic rings. The molecule has 45 heavy (non-hydrogen) atoms. The number of benzene rings is 1. The third-order valence-electron chi connectivity index (χ3n) is 7.85. The molecule has 248 valence electrons. The molecule has 0 aliphatic carbocycles. The molecule has 4 rings (SSSR count). The second kappa shape index (κ2) is 16.9. The molecule has 3 aliphatic heterocycles. The molecule has 1 aromatic rings. The van der Waals surface area contributed by atoms with Crippen LogP contribution in [0.15, 0.2) is 90.8 Å². The van der Waals surface area contributed by atoms with Crippen molar-refractivity contribution in [3.05, 3.63) is 96.3 Å². The molecule has 3 atom stereocenters. The van der Waals surface area contributed by atoms with Crippen LogP contribution in [0.1, 0.15) is 24.8 Å². The van der Waals surface area contributed by atoms with Crippen molar-refractivity contribution < 1.29 is 22.7 Å². The van der Waals surface area contributed by atoms with Crippen molar-refractivity contribution in [2.45, 2.75) is 44.4 Å². The Morgan fingerprint density at radius 1 is 1.27 bits per heavy atom. The third kappa shape index (κ3) is 11.2. The first-order chi connectivity index (χ1) is 21.5. The van der Waals surface area contributed by atoms with Crippen LogP contribution in [0.4, 0.5) is 13.2 Å². The Morgan fingerprint density at radius 3 is 2.67 bits per heavy atom. The number of nitrogens with two attached hydrogens (primary N) is 1. The minimum atomic E-state index is -4.29. The average Bonchev–Trinajstić information content (AvgIpc) is 3.67. The number of allylic oxidation sites excluding steroid dienone is 1. The number of hydrogen-bond donors (Lipinski definition) is 6. The Balaban J connectivity index is 0.000000248. The molecule has 0 aromatic heterocycles. The Morgan fingerprint density at radius 2 is 2.02 bits per heavy atom. The fraction of sp³-hybridized carbons (Fsp3) is 0.469. The lowest BCUT2D eigenvalue weighted by molar-refractivity contribution is -0.127. The fourth-order valence-electron chi connectivity index (χ4n) is 5.37. The van der Waals surface area contributed by atoms with Crippen molar-refractivity contribution in [1.82, 2.24) is 36.4 Å². The zero-order valence-electron chi connectivity index (χ0n) is 26.3. The molecule has 1 fully saturated rings. The summed E-state index contributed by atoms with van der Waals surface area (Å²) < 4.78 is 42.0. The molecule has 1 amide bonds. The predicted octanol–water partition coefficient (Wildman–Crippen LogP) is 2.79. The van der Waals surface area contributed by atoms with Gasteiger partial charge in [-0.15, -0.1) is 0 Å². The summed E-state index contributed by atoms with van der Waals surface area (Å²) in [6, 6.07) is 10.7. The molecule has 10 nitrogen and oxygen atoms in total. The van der Waals surface area contributed by atoms with Crippen LogP contribution in [0.2, 0.25) is 0 Å². The molecule has 1 aromatic carbocycles. The van der Waals surface area contributed by atoms with Crippen LogP contribution in [0.3, 0.4) is 0 Å². The van der Waals surface area contributed by atoms with E-state index in [4.69, 9.17) is 10.5 Å². The Labute approximate surface area is 264 Å². The van der Waals surface area contributed by atoms with E-state index in [-0.39, 0.29) is 11.1 Å². The molecule has 3 unspecified atom stereocenters. The number of hydrogen-bond acceptors (Lipinski definition) is 9. The zero-order valence-corrected chi connectivity index (χ0v) is 26.3. The third-order valence-corrected chi connectivity index (χ3v) is 7.85. The number of rotatable bonds is 14. The summed E-state index contributed by atoms with van der Waals surface area (Å²) in [5.41, 5.74) is 8.53. The SMILES string of the molecule is C=C(NCNC)C1(CC/C=C\NC)CCN(Cc2ccccc2)C1.CN1C=CC(C2NC(C(N)=O)=CO2)=CC1NCC(F)(F)F.